The zero-order valence-corrected chi connectivity index (χ0v) is 6.79. The lowest BCUT2D eigenvalue weighted by molar-refractivity contribution is 0.112. The van der Waals surface area contributed by atoms with E-state index in [2.05, 4.69) is 10.3 Å². The van der Waals surface area contributed by atoms with E-state index in [9.17, 15) is 4.79 Å². The largest absolute Gasteiger partial charge is 0.365 e. The maximum Gasteiger partial charge on any atom is 0.184 e. The molecule has 0 aliphatic carbocycles. The summed E-state index contributed by atoms with van der Waals surface area (Å²) in [4.78, 5) is 14.5. The van der Waals surface area contributed by atoms with Gasteiger partial charge in [-0.3, -0.25) is 4.79 Å². The molecule has 0 saturated carbocycles. The molecular formula is C5H5ClN2OS. The van der Waals surface area contributed by atoms with Gasteiger partial charge >= 0.3 is 0 Å². The van der Waals surface area contributed by atoms with Gasteiger partial charge in [0.2, 0.25) is 0 Å². The van der Waals surface area contributed by atoms with Crippen LogP contribution < -0.4 is 5.32 Å². The molecule has 3 nitrogen and oxygen atoms in total. The van der Waals surface area contributed by atoms with E-state index >= 15 is 0 Å². The van der Waals surface area contributed by atoms with E-state index in [0.717, 1.165) is 0 Å². The molecule has 0 aliphatic rings. The Labute approximate surface area is 67.0 Å². The number of hydrogen-bond acceptors (Lipinski definition) is 4. The first-order valence-corrected chi connectivity index (χ1v) is 3.76. The summed E-state index contributed by atoms with van der Waals surface area (Å²) in [5.41, 5.74) is 0. The fourth-order valence-corrected chi connectivity index (χ4v) is 1.41. The van der Waals surface area contributed by atoms with E-state index < -0.39 is 0 Å². The number of carbonyl (C=O) groups is 1. The van der Waals surface area contributed by atoms with Crippen LogP contribution in [0.2, 0.25) is 5.15 Å². The average molecular weight is 177 g/mol. The average Bonchev–Trinajstić information content (AvgIpc) is 2.30. The molecule has 0 fully saturated rings. The van der Waals surface area contributed by atoms with Crippen LogP contribution in [0.15, 0.2) is 0 Å². The molecule has 1 aromatic rings. The molecule has 1 heterocycles. The summed E-state index contributed by atoms with van der Waals surface area (Å²) >= 11 is 6.79. The van der Waals surface area contributed by atoms with E-state index in [-0.39, 0.29) is 5.15 Å². The lowest BCUT2D eigenvalue weighted by atomic mass is 10.6. The Balaban J connectivity index is 3.03. The number of nitrogens with one attached hydrogen (secondary N) is 1. The Morgan fingerprint density at radius 1 is 1.80 bits per heavy atom. The number of rotatable bonds is 2. The van der Waals surface area contributed by atoms with Gasteiger partial charge in [-0.05, 0) is 0 Å². The Bertz CT molecular complexity index is 248. The van der Waals surface area contributed by atoms with Crippen LogP contribution in [0.5, 0.6) is 0 Å². The second kappa shape index (κ2) is 2.98. The van der Waals surface area contributed by atoms with E-state index in [1.54, 1.807) is 7.05 Å². The van der Waals surface area contributed by atoms with Crippen LogP contribution >= 0.6 is 22.9 Å². The van der Waals surface area contributed by atoms with Crippen molar-refractivity contribution in [3.05, 3.63) is 10.0 Å². The lowest BCUT2D eigenvalue weighted by Crippen LogP contribution is -1.83. The highest BCUT2D eigenvalue weighted by Gasteiger charge is 2.05. The number of aldehydes is 1. The lowest BCUT2D eigenvalue weighted by Gasteiger charge is -1.84. The molecular weight excluding hydrogens is 172 g/mol. The number of aromatic nitrogens is 1. The standard InChI is InChI=1S/C5H5ClN2OS/c1-7-5-8-4(6)3(2-9)10-5/h2H,1H3,(H,7,8). The molecule has 54 valence electrons. The van der Waals surface area contributed by atoms with Crippen molar-refractivity contribution in [1.29, 1.82) is 0 Å². The number of anilines is 1. The topological polar surface area (TPSA) is 42.0 Å². The molecule has 0 saturated heterocycles. The van der Waals surface area contributed by atoms with Gasteiger partial charge in [0, 0.05) is 7.05 Å². The Morgan fingerprint density at radius 3 is 2.80 bits per heavy atom. The summed E-state index contributed by atoms with van der Waals surface area (Å²) in [5, 5.41) is 3.71. The highest BCUT2D eigenvalue weighted by molar-refractivity contribution is 7.17. The SMILES string of the molecule is CNc1nc(Cl)c(C=O)s1. The van der Waals surface area contributed by atoms with Crippen molar-refractivity contribution in [2.45, 2.75) is 0 Å². The third-order valence-corrected chi connectivity index (χ3v) is 2.33. The number of halogens is 1. The Hall–Kier alpha value is -0.610. The van der Waals surface area contributed by atoms with Crippen molar-refractivity contribution < 1.29 is 4.79 Å². The van der Waals surface area contributed by atoms with Crippen molar-refractivity contribution in [2.24, 2.45) is 0 Å². The van der Waals surface area contributed by atoms with Crippen LogP contribution in [0.25, 0.3) is 0 Å². The number of nitrogens with zero attached hydrogens (tertiary/aromatic N) is 1. The zero-order chi connectivity index (χ0) is 7.56. The van der Waals surface area contributed by atoms with Crippen molar-refractivity contribution in [3.8, 4) is 0 Å². The number of carbonyl (C=O) groups excluding carboxylic acids is 1. The van der Waals surface area contributed by atoms with Crippen LogP contribution in [-0.4, -0.2) is 18.3 Å². The quantitative estimate of drug-likeness (QED) is 0.697. The molecule has 0 unspecified atom stereocenters. The smallest absolute Gasteiger partial charge is 0.184 e. The second-order valence-electron chi connectivity index (χ2n) is 1.54. The third kappa shape index (κ3) is 1.27. The summed E-state index contributed by atoms with van der Waals surface area (Å²) in [6, 6.07) is 0. The van der Waals surface area contributed by atoms with Gasteiger partial charge in [-0.1, -0.05) is 22.9 Å². The van der Waals surface area contributed by atoms with Crippen molar-refractivity contribution in [3.63, 3.8) is 0 Å². The van der Waals surface area contributed by atoms with Gasteiger partial charge in [-0.2, -0.15) is 0 Å². The fourth-order valence-electron chi connectivity index (χ4n) is 0.493. The first-order valence-electron chi connectivity index (χ1n) is 2.57. The molecule has 1 aromatic heterocycles. The van der Waals surface area contributed by atoms with Crippen LogP contribution in [0.3, 0.4) is 0 Å². The minimum Gasteiger partial charge on any atom is -0.365 e. The van der Waals surface area contributed by atoms with E-state index in [0.29, 0.717) is 16.3 Å². The summed E-state index contributed by atoms with van der Waals surface area (Å²) < 4.78 is 0. The highest BCUT2D eigenvalue weighted by Crippen LogP contribution is 2.24. The van der Waals surface area contributed by atoms with Gasteiger partial charge in [0.25, 0.3) is 0 Å². The molecule has 10 heavy (non-hydrogen) atoms. The predicted molar refractivity (Wildman–Crippen MR) is 42.1 cm³/mol. The van der Waals surface area contributed by atoms with Gasteiger partial charge in [-0.15, -0.1) is 0 Å². The Kier molecular flexibility index (Phi) is 2.24. The summed E-state index contributed by atoms with van der Waals surface area (Å²) in [6.07, 6.45) is 0.695. The van der Waals surface area contributed by atoms with Gasteiger partial charge in [0.15, 0.2) is 16.6 Å². The second-order valence-corrected chi connectivity index (χ2v) is 2.93. The number of hydrogen-bond donors (Lipinski definition) is 1. The monoisotopic (exact) mass is 176 g/mol. The van der Waals surface area contributed by atoms with Gasteiger partial charge < -0.3 is 5.32 Å². The van der Waals surface area contributed by atoms with E-state index in [4.69, 9.17) is 11.6 Å². The van der Waals surface area contributed by atoms with E-state index in [1.165, 1.54) is 11.3 Å². The van der Waals surface area contributed by atoms with Crippen molar-refractivity contribution in [2.75, 3.05) is 12.4 Å². The fraction of sp³-hybridized carbons (Fsp3) is 0.200. The Morgan fingerprint density at radius 2 is 2.50 bits per heavy atom. The van der Waals surface area contributed by atoms with Crippen LogP contribution in [-0.2, 0) is 0 Å². The molecule has 0 radical (unpaired) electrons. The minimum absolute atomic E-state index is 0.268. The molecule has 0 aliphatic heterocycles. The molecule has 0 aromatic carbocycles. The summed E-state index contributed by atoms with van der Waals surface area (Å²) in [5.74, 6) is 0. The van der Waals surface area contributed by atoms with Crippen LogP contribution in [0, 0.1) is 0 Å². The first kappa shape index (κ1) is 7.50. The molecule has 0 bridgehead atoms. The maximum atomic E-state index is 10.2. The molecule has 0 atom stereocenters. The van der Waals surface area contributed by atoms with Gasteiger partial charge in [0.1, 0.15) is 4.88 Å². The predicted octanol–water partition coefficient (Wildman–Crippen LogP) is 1.65. The molecule has 5 heteroatoms. The van der Waals surface area contributed by atoms with Crippen LogP contribution in [0.1, 0.15) is 9.67 Å². The van der Waals surface area contributed by atoms with Crippen molar-refractivity contribution >= 4 is 34.4 Å². The summed E-state index contributed by atoms with van der Waals surface area (Å²) in [6.45, 7) is 0. The molecule has 0 spiro atoms. The molecule has 1 rings (SSSR count). The summed E-state index contributed by atoms with van der Waals surface area (Å²) in [7, 11) is 1.73. The highest BCUT2D eigenvalue weighted by atomic mass is 35.5. The normalized spacial score (nSPS) is 9.40. The minimum atomic E-state index is 0.268. The first-order chi connectivity index (χ1) is 4.77. The van der Waals surface area contributed by atoms with E-state index in [1.807, 2.05) is 0 Å². The zero-order valence-electron chi connectivity index (χ0n) is 5.22. The number of thiazole rings is 1. The van der Waals surface area contributed by atoms with Crippen LogP contribution in [0.4, 0.5) is 5.13 Å². The van der Waals surface area contributed by atoms with Gasteiger partial charge in [0.05, 0.1) is 0 Å². The third-order valence-electron chi connectivity index (χ3n) is 0.931. The van der Waals surface area contributed by atoms with Gasteiger partial charge in [-0.25, -0.2) is 4.98 Å². The maximum absolute atomic E-state index is 10.2. The molecule has 1 N–H and O–H groups in total. The molecule has 0 amide bonds. The van der Waals surface area contributed by atoms with Crippen molar-refractivity contribution in [1.82, 2.24) is 4.98 Å².